The lowest BCUT2D eigenvalue weighted by molar-refractivity contribution is 0.00254. The average molecular weight is 414 g/mol. The Kier molecular flexibility index (Phi) is 6.60. The Morgan fingerprint density at radius 2 is 2.04 bits per heavy atom. The van der Waals surface area contributed by atoms with Crippen LogP contribution in [0.25, 0.3) is 0 Å². The van der Waals surface area contributed by atoms with Crippen LogP contribution >= 0.6 is 0 Å². The molecule has 9 heteroatoms. The van der Waals surface area contributed by atoms with Gasteiger partial charge in [0.25, 0.3) is 10.0 Å². The van der Waals surface area contributed by atoms with Crippen molar-refractivity contribution < 1.29 is 22.7 Å². The van der Waals surface area contributed by atoms with E-state index in [4.69, 9.17) is 14.6 Å². The number of primary sulfonamides is 1. The summed E-state index contributed by atoms with van der Waals surface area (Å²) in [6.45, 7) is 10.0. The Hall–Kier alpha value is -1.87. The number of likely N-dealkylation sites (tertiary alicyclic amines) is 1. The highest BCUT2D eigenvalue weighted by Gasteiger charge is 2.43. The van der Waals surface area contributed by atoms with Crippen LogP contribution in [0, 0.1) is 0 Å². The van der Waals surface area contributed by atoms with E-state index in [0.717, 1.165) is 19.3 Å². The minimum Gasteiger partial charge on any atom is -0.478 e. The fourth-order valence-electron chi connectivity index (χ4n) is 3.37. The summed E-state index contributed by atoms with van der Waals surface area (Å²) in [6.07, 6.45) is 2.99. The maximum atomic E-state index is 12.7. The van der Waals surface area contributed by atoms with Gasteiger partial charge in [-0.2, -0.15) is 0 Å². The maximum absolute atomic E-state index is 12.7. The van der Waals surface area contributed by atoms with Gasteiger partial charge in [-0.05, 0) is 66.4 Å². The zero-order chi connectivity index (χ0) is 21.2. The average Bonchev–Trinajstić information content (AvgIpc) is 2.84. The lowest BCUT2D eigenvalue weighted by atomic mass is 10.0. The SMILES string of the molecule is CC(C)(C)OC(=O)N1[C@H](CCCOc2cccc(S(N)(=O)=O)n2)CCC1(C)C. The summed E-state index contributed by atoms with van der Waals surface area (Å²) < 4.78 is 33.9. The van der Waals surface area contributed by atoms with E-state index in [0.29, 0.717) is 13.0 Å². The Bertz CT molecular complexity index is 802. The van der Waals surface area contributed by atoms with Crippen LogP contribution in [-0.2, 0) is 14.8 Å². The van der Waals surface area contributed by atoms with Crippen LogP contribution in [0.5, 0.6) is 5.88 Å². The monoisotopic (exact) mass is 413 g/mol. The van der Waals surface area contributed by atoms with Crippen molar-refractivity contribution in [2.24, 2.45) is 5.14 Å². The fourth-order valence-corrected chi connectivity index (χ4v) is 3.86. The van der Waals surface area contributed by atoms with Crippen LogP contribution in [0.15, 0.2) is 23.2 Å². The van der Waals surface area contributed by atoms with E-state index in [9.17, 15) is 13.2 Å². The smallest absolute Gasteiger partial charge is 0.410 e. The first kappa shape index (κ1) is 22.4. The molecule has 1 aliphatic rings. The van der Waals surface area contributed by atoms with Crippen LogP contribution in [0.4, 0.5) is 4.79 Å². The Labute approximate surface area is 167 Å². The number of amides is 1. The van der Waals surface area contributed by atoms with Gasteiger partial charge in [0.2, 0.25) is 5.88 Å². The van der Waals surface area contributed by atoms with Crippen molar-refractivity contribution in [3.8, 4) is 5.88 Å². The minimum absolute atomic E-state index is 0.0807. The Morgan fingerprint density at radius 1 is 1.36 bits per heavy atom. The topological polar surface area (TPSA) is 112 Å². The van der Waals surface area contributed by atoms with Gasteiger partial charge in [-0.15, -0.1) is 0 Å². The van der Waals surface area contributed by atoms with Crippen molar-refractivity contribution in [1.29, 1.82) is 0 Å². The molecule has 0 aliphatic carbocycles. The first-order valence-corrected chi connectivity index (χ1v) is 11.0. The second-order valence-electron chi connectivity index (χ2n) is 8.71. The van der Waals surface area contributed by atoms with Crippen molar-refractivity contribution >= 4 is 16.1 Å². The molecule has 0 bridgehead atoms. The zero-order valence-electron chi connectivity index (χ0n) is 17.3. The number of hydrogen-bond donors (Lipinski definition) is 1. The molecule has 0 unspecified atom stereocenters. The molecule has 1 aromatic heterocycles. The van der Waals surface area contributed by atoms with E-state index < -0.39 is 15.6 Å². The largest absolute Gasteiger partial charge is 0.478 e. The van der Waals surface area contributed by atoms with Crippen molar-refractivity contribution in [3.05, 3.63) is 18.2 Å². The third kappa shape index (κ3) is 6.07. The Morgan fingerprint density at radius 3 is 2.64 bits per heavy atom. The van der Waals surface area contributed by atoms with Crippen molar-refractivity contribution in [1.82, 2.24) is 9.88 Å². The molecule has 1 aromatic rings. The summed E-state index contributed by atoms with van der Waals surface area (Å²) in [6, 6.07) is 4.52. The standard InChI is InChI=1S/C19H31N3O5S/c1-18(2,3)27-17(23)22-14(11-12-19(22,4)5)8-7-13-26-15-9-6-10-16(21-15)28(20,24)25/h6,9-10,14H,7-8,11-13H2,1-5H3,(H2,20,24,25)/t14-/m1/s1. The third-order valence-corrected chi connectivity index (χ3v) is 5.43. The van der Waals surface area contributed by atoms with E-state index >= 15 is 0 Å². The van der Waals surface area contributed by atoms with Gasteiger partial charge >= 0.3 is 6.09 Å². The van der Waals surface area contributed by atoms with Gasteiger partial charge in [-0.3, -0.25) is 0 Å². The lowest BCUT2D eigenvalue weighted by Crippen LogP contribution is -2.49. The van der Waals surface area contributed by atoms with E-state index in [1.807, 2.05) is 25.7 Å². The van der Waals surface area contributed by atoms with Gasteiger partial charge in [0.15, 0.2) is 5.03 Å². The number of pyridine rings is 1. The molecule has 1 saturated heterocycles. The summed E-state index contributed by atoms with van der Waals surface area (Å²) >= 11 is 0. The van der Waals surface area contributed by atoms with Gasteiger partial charge < -0.3 is 14.4 Å². The molecule has 0 radical (unpaired) electrons. The highest BCUT2D eigenvalue weighted by Crippen LogP contribution is 2.36. The fraction of sp³-hybridized carbons (Fsp3) is 0.684. The molecule has 2 rings (SSSR count). The van der Waals surface area contributed by atoms with Crippen LogP contribution in [0.1, 0.15) is 60.3 Å². The summed E-state index contributed by atoms with van der Waals surface area (Å²) in [5.41, 5.74) is -0.789. The molecular formula is C19H31N3O5S. The predicted octanol–water partition coefficient (Wildman–Crippen LogP) is 3.07. The molecule has 0 saturated carbocycles. The van der Waals surface area contributed by atoms with Crippen molar-refractivity contribution in [2.45, 2.75) is 82.5 Å². The number of carbonyl (C=O) groups excluding carboxylic acids is 1. The van der Waals surface area contributed by atoms with Crippen molar-refractivity contribution in [3.63, 3.8) is 0 Å². The van der Waals surface area contributed by atoms with Crippen LogP contribution in [0.3, 0.4) is 0 Å². The van der Waals surface area contributed by atoms with E-state index in [2.05, 4.69) is 18.8 Å². The third-order valence-electron chi connectivity index (χ3n) is 4.62. The van der Waals surface area contributed by atoms with Gasteiger partial charge in [-0.25, -0.2) is 23.3 Å². The maximum Gasteiger partial charge on any atom is 0.410 e. The van der Waals surface area contributed by atoms with Gasteiger partial charge in [-0.1, -0.05) is 6.07 Å². The Balaban J connectivity index is 1.92. The number of nitrogens with zero attached hydrogens (tertiary/aromatic N) is 2. The highest BCUT2D eigenvalue weighted by molar-refractivity contribution is 7.89. The van der Waals surface area contributed by atoms with Gasteiger partial charge in [0.05, 0.1) is 6.61 Å². The highest BCUT2D eigenvalue weighted by atomic mass is 32.2. The summed E-state index contributed by atoms with van der Waals surface area (Å²) in [7, 11) is -3.86. The zero-order valence-corrected chi connectivity index (χ0v) is 18.1. The normalized spacial score (nSPS) is 19.5. The molecular weight excluding hydrogens is 382 g/mol. The molecule has 28 heavy (non-hydrogen) atoms. The summed E-state index contributed by atoms with van der Waals surface area (Å²) in [4.78, 5) is 18.4. The molecule has 1 fully saturated rings. The van der Waals surface area contributed by atoms with Crippen LogP contribution in [-0.4, -0.2) is 48.2 Å². The number of sulfonamides is 1. The summed E-state index contributed by atoms with van der Waals surface area (Å²) in [5.74, 6) is 0.210. The molecule has 1 atom stereocenters. The number of nitrogens with two attached hydrogens (primary N) is 1. The van der Waals surface area contributed by atoms with E-state index in [1.54, 1.807) is 6.07 Å². The number of ether oxygens (including phenoxy) is 2. The van der Waals surface area contributed by atoms with Crippen LogP contribution in [0.2, 0.25) is 0 Å². The molecule has 158 valence electrons. The van der Waals surface area contributed by atoms with Gasteiger partial charge in [0.1, 0.15) is 5.60 Å². The molecule has 0 aromatic carbocycles. The number of carbonyl (C=O) groups is 1. The predicted molar refractivity (Wildman–Crippen MR) is 106 cm³/mol. The molecule has 8 nitrogen and oxygen atoms in total. The van der Waals surface area contributed by atoms with Crippen molar-refractivity contribution in [2.75, 3.05) is 6.61 Å². The second kappa shape index (κ2) is 8.24. The lowest BCUT2D eigenvalue weighted by Gasteiger charge is -2.37. The first-order valence-electron chi connectivity index (χ1n) is 9.45. The number of rotatable bonds is 6. The van der Waals surface area contributed by atoms with E-state index in [-0.39, 0.29) is 28.6 Å². The molecule has 1 amide bonds. The molecule has 2 heterocycles. The van der Waals surface area contributed by atoms with E-state index in [1.165, 1.54) is 12.1 Å². The summed E-state index contributed by atoms with van der Waals surface area (Å²) in [5, 5.41) is 4.86. The van der Waals surface area contributed by atoms with Crippen LogP contribution < -0.4 is 9.88 Å². The molecule has 2 N–H and O–H groups in total. The molecule has 1 aliphatic heterocycles. The van der Waals surface area contributed by atoms with Gasteiger partial charge in [0, 0.05) is 17.6 Å². The second-order valence-corrected chi connectivity index (χ2v) is 10.2. The number of aromatic nitrogens is 1. The minimum atomic E-state index is -3.86. The quantitative estimate of drug-likeness (QED) is 0.717. The molecule has 0 spiro atoms. The first-order chi connectivity index (χ1) is 12.8. The number of hydrogen-bond acceptors (Lipinski definition) is 6.